The normalized spacial score (nSPS) is 13.0. The van der Waals surface area contributed by atoms with Crippen LogP contribution in [0.4, 0.5) is 11.6 Å². The maximum Gasteiger partial charge on any atom is 0.345 e. The largest absolute Gasteiger partial charge is 0.465 e. The quantitative estimate of drug-likeness (QED) is 0.517. The summed E-state index contributed by atoms with van der Waals surface area (Å²) < 4.78 is 10.1. The van der Waals surface area contributed by atoms with Crippen LogP contribution in [-0.4, -0.2) is 30.1 Å². The first-order valence-corrected chi connectivity index (χ1v) is 10.4. The Balaban J connectivity index is 1.69. The minimum atomic E-state index is -0.780. The molecule has 1 aromatic heterocycles. The van der Waals surface area contributed by atoms with Gasteiger partial charge in [0, 0.05) is 23.2 Å². The zero-order valence-electron chi connectivity index (χ0n) is 16.8. The lowest BCUT2D eigenvalue weighted by Gasteiger charge is -2.09. The molecule has 1 aliphatic rings. The van der Waals surface area contributed by atoms with Gasteiger partial charge in [-0.1, -0.05) is 34.4 Å². The molecule has 0 bridgehead atoms. The molecule has 2 N–H and O–H groups in total. The summed E-state index contributed by atoms with van der Waals surface area (Å²) in [6.07, 6.45) is 1.75. The predicted molar refractivity (Wildman–Crippen MR) is 119 cm³/mol. The van der Waals surface area contributed by atoms with Crippen LogP contribution >= 0.6 is 23.2 Å². The van der Waals surface area contributed by atoms with Crippen molar-refractivity contribution >= 4 is 52.6 Å². The number of aryl methyl sites for hydroxylation is 1. The Hall–Kier alpha value is -3.36. The highest BCUT2D eigenvalue weighted by Crippen LogP contribution is 2.38. The lowest BCUT2D eigenvalue weighted by atomic mass is 10.0. The Morgan fingerprint density at radius 3 is 2.62 bits per heavy atom. The third-order valence-electron chi connectivity index (χ3n) is 5.00. The molecule has 2 amide bonds. The van der Waals surface area contributed by atoms with Crippen LogP contribution in [0.5, 0.6) is 0 Å². The Labute approximate surface area is 192 Å². The second-order valence-electron chi connectivity index (χ2n) is 7.05. The predicted octanol–water partition coefficient (Wildman–Crippen LogP) is 4.96. The van der Waals surface area contributed by atoms with E-state index in [2.05, 4.69) is 15.8 Å². The number of carbonyl (C=O) groups is 3. The maximum atomic E-state index is 12.9. The number of halogens is 2. The molecule has 2 aromatic carbocycles. The van der Waals surface area contributed by atoms with Gasteiger partial charge in [0.15, 0.2) is 5.56 Å². The van der Waals surface area contributed by atoms with Crippen molar-refractivity contribution in [3.8, 4) is 11.3 Å². The monoisotopic (exact) mass is 473 g/mol. The van der Waals surface area contributed by atoms with Gasteiger partial charge in [-0.25, -0.2) is 4.79 Å². The van der Waals surface area contributed by atoms with Gasteiger partial charge < -0.3 is 14.6 Å². The maximum absolute atomic E-state index is 12.9. The van der Waals surface area contributed by atoms with Crippen molar-refractivity contribution in [1.82, 2.24) is 5.16 Å². The van der Waals surface area contributed by atoms with Crippen molar-refractivity contribution in [2.24, 2.45) is 0 Å². The van der Waals surface area contributed by atoms with Crippen LogP contribution in [0.3, 0.4) is 0 Å². The summed E-state index contributed by atoms with van der Waals surface area (Å²) in [7, 11) is 1.19. The Morgan fingerprint density at radius 1 is 1.16 bits per heavy atom. The number of esters is 1. The molecule has 0 aliphatic carbocycles. The van der Waals surface area contributed by atoms with Crippen LogP contribution in [0, 0.1) is 0 Å². The molecule has 164 valence electrons. The number of carbonyl (C=O) groups excluding carboxylic acids is 3. The summed E-state index contributed by atoms with van der Waals surface area (Å²) in [5.41, 5.74) is 2.06. The summed E-state index contributed by atoms with van der Waals surface area (Å²) >= 11 is 12.5. The molecule has 32 heavy (non-hydrogen) atoms. The van der Waals surface area contributed by atoms with Crippen molar-refractivity contribution in [2.45, 2.75) is 19.3 Å². The summed E-state index contributed by atoms with van der Waals surface area (Å²) in [4.78, 5) is 37.1. The zero-order chi connectivity index (χ0) is 22.8. The van der Waals surface area contributed by atoms with Gasteiger partial charge in [-0.15, -0.1) is 0 Å². The number of hydrogen-bond acceptors (Lipinski definition) is 6. The topological polar surface area (TPSA) is 111 Å². The summed E-state index contributed by atoms with van der Waals surface area (Å²) in [6, 6.07) is 9.76. The molecule has 3 aromatic rings. The number of benzene rings is 2. The number of rotatable bonds is 4. The molecule has 10 heteroatoms. The highest BCUT2D eigenvalue weighted by Gasteiger charge is 2.29. The molecule has 0 saturated carbocycles. The fraction of sp³-hybridized carbons (Fsp3) is 0.182. The van der Waals surface area contributed by atoms with Crippen LogP contribution in [0.15, 0.2) is 40.9 Å². The van der Waals surface area contributed by atoms with Crippen molar-refractivity contribution < 1.29 is 23.6 Å². The third-order valence-corrected chi connectivity index (χ3v) is 5.63. The van der Waals surface area contributed by atoms with E-state index in [1.54, 1.807) is 36.4 Å². The van der Waals surface area contributed by atoms with E-state index < -0.39 is 11.9 Å². The lowest BCUT2D eigenvalue weighted by molar-refractivity contribution is -0.116. The van der Waals surface area contributed by atoms with Gasteiger partial charge in [0.2, 0.25) is 11.8 Å². The van der Waals surface area contributed by atoms with E-state index in [1.165, 1.54) is 7.11 Å². The molecule has 0 unspecified atom stereocenters. The zero-order valence-corrected chi connectivity index (χ0v) is 18.3. The number of hydrogen-bond donors (Lipinski definition) is 2. The number of ether oxygens (including phenoxy) is 1. The molecular weight excluding hydrogens is 457 g/mol. The highest BCUT2D eigenvalue weighted by molar-refractivity contribution is 6.39. The Morgan fingerprint density at radius 2 is 1.91 bits per heavy atom. The molecule has 1 aliphatic heterocycles. The van der Waals surface area contributed by atoms with Gasteiger partial charge in [0.05, 0.1) is 17.2 Å². The molecule has 4 rings (SSSR count). The van der Waals surface area contributed by atoms with Crippen LogP contribution in [0.1, 0.15) is 39.1 Å². The van der Waals surface area contributed by atoms with Crippen molar-refractivity contribution in [1.29, 1.82) is 0 Å². The van der Waals surface area contributed by atoms with Crippen LogP contribution in [0.25, 0.3) is 11.3 Å². The molecule has 0 radical (unpaired) electrons. The van der Waals surface area contributed by atoms with Crippen molar-refractivity contribution in [2.75, 3.05) is 17.7 Å². The molecule has 2 heterocycles. The number of nitrogens with zero attached hydrogens (tertiary/aromatic N) is 1. The van der Waals surface area contributed by atoms with Crippen molar-refractivity contribution in [3.63, 3.8) is 0 Å². The van der Waals surface area contributed by atoms with Gasteiger partial charge in [-0.05, 0) is 48.7 Å². The van der Waals surface area contributed by atoms with Gasteiger partial charge in [0.1, 0.15) is 5.69 Å². The number of amides is 2. The number of methoxy groups -OCH3 is 1. The first-order chi connectivity index (χ1) is 15.4. The minimum Gasteiger partial charge on any atom is -0.465 e. The molecular formula is C22H17Cl2N3O5. The average molecular weight is 474 g/mol. The molecule has 0 saturated heterocycles. The molecule has 0 atom stereocenters. The molecule has 0 spiro atoms. The fourth-order valence-electron chi connectivity index (χ4n) is 3.45. The minimum absolute atomic E-state index is 0.0485. The first kappa shape index (κ1) is 21.9. The summed E-state index contributed by atoms with van der Waals surface area (Å²) in [5.74, 6) is -1.56. The van der Waals surface area contributed by atoms with Crippen LogP contribution in [-0.2, 0) is 16.0 Å². The number of nitrogens with one attached hydrogen (secondary N) is 2. The van der Waals surface area contributed by atoms with Crippen LogP contribution in [0.2, 0.25) is 10.0 Å². The van der Waals surface area contributed by atoms with E-state index in [9.17, 15) is 14.4 Å². The summed E-state index contributed by atoms with van der Waals surface area (Å²) in [5, 5.41) is 9.79. The van der Waals surface area contributed by atoms with Crippen molar-refractivity contribution in [3.05, 3.63) is 63.1 Å². The van der Waals surface area contributed by atoms with E-state index in [0.29, 0.717) is 30.5 Å². The standard InChI is InChI=1S/C22H17Cl2N3O5/c1-31-22(30)18-19(17-13(23)5-3-6-14(17)24)27-32-21(18)26-20(29)12-8-9-15-11(10-12)4-2-7-16(28)25-15/h3,5-6,8-10H,2,4,7H2,1H3,(H,25,28)(H,26,29). The fourth-order valence-corrected chi connectivity index (χ4v) is 4.03. The smallest absolute Gasteiger partial charge is 0.345 e. The van der Waals surface area contributed by atoms with Gasteiger partial charge in [-0.2, -0.15) is 0 Å². The molecule has 0 fully saturated rings. The molecule has 8 nitrogen and oxygen atoms in total. The first-order valence-electron chi connectivity index (χ1n) is 9.65. The SMILES string of the molecule is COC(=O)c1c(-c2c(Cl)cccc2Cl)noc1NC(=O)c1ccc2c(c1)CCCC(=O)N2. The van der Waals surface area contributed by atoms with E-state index in [4.69, 9.17) is 32.5 Å². The van der Waals surface area contributed by atoms with E-state index in [-0.39, 0.29) is 38.7 Å². The van der Waals surface area contributed by atoms with Crippen LogP contribution < -0.4 is 10.6 Å². The number of anilines is 2. The Bertz CT molecular complexity index is 1220. The van der Waals surface area contributed by atoms with E-state index in [0.717, 1.165) is 5.56 Å². The number of aromatic nitrogens is 1. The number of fused-ring (bicyclic) bond motifs is 1. The second-order valence-corrected chi connectivity index (χ2v) is 7.87. The van der Waals surface area contributed by atoms with Gasteiger partial charge in [0.25, 0.3) is 5.91 Å². The van der Waals surface area contributed by atoms with Gasteiger partial charge >= 0.3 is 5.97 Å². The second kappa shape index (κ2) is 9.02. The lowest BCUT2D eigenvalue weighted by Crippen LogP contribution is -2.15. The van der Waals surface area contributed by atoms with Gasteiger partial charge in [-0.3, -0.25) is 14.9 Å². The third kappa shape index (κ3) is 4.19. The summed E-state index contributed by atoms with van der Waals surface area (Å²) in [6.45, 7) is 0. The van der Waals surface area contributed by atoms with E-state index >= 15 is 0 Å². The Kier molecular flexibility index (Phi) is 6.16. The highest BCUT2D eigenvalue weighted by atomic mass is 35.5. The average Bonchev–Trinajstić information content (AvgIpc) is 3.06. The van der Waals surface area contributed by atoms with E-state index in [1.807, 2.05) is 0 Å².